The van der Waals surface area contributed by atoms with Crippen LogP contribution in [0.2, 0.25) is 0 Å². The van der Waals surface area contributed by atoms with Crippen molar-refractivity contribution in [1.82, 2.24) is 0 Å². The SMILES string of the molecule is CCCCC(C([O])=O)c1ccc(OC)c(OC)c1. The molecule has 0 saturated carbocycles. The van der Waals surface area contributed by atoms with E-state index >= 15 is 0 Å². The molecule has 0 saturated heterocycles. The number of hydrogen-bond acceptors (Lipinski definition) is 3. The van der Waals surface area contributed by atoms with E-state index in [1.54, 1.807) is 25.3 Å². The van der Waals surface area contributed by atoms with Crippen LogP contribution < -0.4 is 9.47 Å². The first-order chi connectivity index (χ1) is 8.63. The molecular weight excluding hydrogens is 232 g/mol. The van der Waals surface area contributed by atoms with E-state index in [1.165, 1.54) is 7.11 Å². The van der Waals surface area contributed by atoms with Crippen molar-refractivity contribution < 1.29 is 19.4 Å². The van der Waals surface area contributed by atoms with Crippen LogP contribution in [0.3, 0.4) is 0 Å². The number of hydrogen-bond donors (Lipinski definition) is 0. The zero-order valence-electron chi connectivity index (χ0n) is 11.1. The van der Waals surface area contributed by atoms with E-state index in [-0.39, 0.29) is 0 Å². The maximum atomic E-state index is 11.2. The van der Waals surface area contributed by atoms with Gasteiger partial charge in [0, 0.05) is 0 Å². The molecule has 1 radical (unpaired) electrons. The molecule has 0 N–H and O–H groups in total. The number of rotatable bonds is 7. The average molecular weight is 251 g/mol. The van der Waals surface area contributed by atoms with Gasteiger partial charge >= 0.3 is 5.97 Å². The van der Waals surface area contributed by atoms with Crippen molar-refractivity contribution in [2.75, 3.05) is 14.2 Å². The summed E-state index contributed by atoms with van der Waals surface area (Å²) in [6.45, 7) is 2.03. The zero-order chi connectivity index (χ0) is 13.5. The lowest BCUT2D eigenvalue weighted by Gasteiger charge is -2.14. The first-order valence-electron chi connectivity index (χ1n) is 6.06. The molecule has 1 unspecified atom stereocenters. The summed E-state index contributed by atoms with van der Waals surface area (Å²) in [5.41, 5.74) is 0.695. The second-order valence-corrected chi connectivity index (χ2v) is 4.13. The predicted molar refractivity (Wildman–Crippen MR) is 67.5 cm³/mol. The topological polar surface area (TPSA) is 55.4 Å². The summed E-state index contributed by atoms with van der Waals surface area (Å²) < 4.78 is 10.3. The summed E-state index contributed by atoms with van der Waals surface area (Å²) in [5.74, 6) is -0.507. The van der Waals surface area contributed by atoms with Crippen molar-refractivity contribution in [3.8, 4) is 11.5 Å². The van der Waals surface area contributed by atoms with Crippen LogP contribution in [0.15, 0.2) is 18.2 Å². The van der Waals surface area contributed by atoms with Gasteiger partial charge in [0.05, 0.1) is 20.1 Å². The summed E-state index contributed by atoms with van der Waals surface area (Å²) in [5, 5.41) is 11.2. The van der Waals surface area contributed by atoms with Crippen molar-refractivity contribution in [2.45, 2.75) is 32.1 Å². The van der Waals surface area contributed by atoms with Crippen molar-refractivity contribution >= 4 is 5.97 Å². The monoisotopic (exact) mass is 251 g/mol. The highest BCUT2D eigenvalue weighted by molar-refractivity contribution is 5.76. The van der Waals surface area contributed by atoms with Crippen LogP contribution in [-0.2, 0) is 9.90 Å². The van der Waals surface area contributed by atoms with Crippen molar-refractivity contribution in [2.24, 2.45) is 0 Å². The highest BCUT2D eigenvalue weighted by Gasteiger charge is 2.22. The third-order valence-corrected chi connectivity index (χ3v) is 2.94. The minimum Gasteiger partial charge on any atom is -0.493 e. The van der Waals surface area contributed by atoms with Crippen LogP contribution >= 0.6 is 0 Å². The standard InChI is InChI=1S/C14H19O4/c1-4-5-6-11(14(15)16)10-7-8-12(17-2)13(9-10)18-3/h7-9,11H,4-6H2,1-3H3. The molecule has 4 nitrogen and oxygen atoms in total. The van der Waals surface area contributed by atoms with E-state index in [0.29, 0.717) is 23.5 Å². The lowest BCUT2D eigenvalue weighted by Crippen LogP contribution is -2.10. The fourth-order valence-electron chi connectivity index (χ4n) is 1.90. The quantitative estimate of drug-likeness (QED) is 0.748. The molecule has 1 rings (SSSR count). The van der Waals surface area contributed by atoms with Crippen LogP contribution in [0.25, 0.3) is 0 Å². The molecule has 18 heavy (non-hydrogen) atoms. The van der Waals surface area contributed by atoms with Crippen molar-refractivity contribution in [3.05, 3.63) is 23.8 Å². The molecule has 0 bridgehead atoms. The maximum absolute atomic E-state index is 11.2. The summed E-state index contributed by atoms with van der Waals surface area (Å²) in [7, 11) is 3.08. The highest BCUT2D eigenvalue weighted by atomic mass is 16.5. The Labute approximate surface area is 108 Å². The van der Waals surface area contributed by atoms with Gasteiger partial charge in [0.1, 0.15) is 0 Å². The zero-order valence-corrected chi connectivity index (χ0v) is 11.1. The normalized spacial score (nSPS) is 11.9. The molecule has 4 heteroatoms. The van der Waals surface area contributed by atoms with Crippen molar-refractivity contribution in [3.63, 3.8) is 0 Å². The van der Waals surface area contributed by atoms with Crippen LogP contribution in [0.1, 0.15) is 37.7 Å². The van der Waals surface area contributed by atoms with Gasteiger partial charge in [-0.25, -0.2) is 9.90 Å². The number of methoxy groups -OCH3 is 2. The molecule has 0 spiro atoms. The highest BCUT2D eigenvalue weighted by Crippen LogP contribution is 2.32. The predicted octanol–water partition coefficient (Wildman–Crippen LogP) is 2.93. The Bertz CT molecular complexity index is 401. The van der Waals surface area contributed by atoms with Gasteiger partial charge in [0.2, 0.25) is 0 Å². The van der Waals surface area contributed by atoms with E-state index in [2.05, 4.69) is 0 Å². The summed E-state index contributed by atoms with van der Waals surface area (Å²) in [6, 6.07) is 5.17. The average Bonchev–Trinajstić information content (AvgIpc) is 2.38. The van der Waals surface area contributed by atoms with Crippen LogP contribution in [-0.4, -0.2) is 20.2 Å². The summed E-state index contributed by atoms with van der Waals surface area (Å²) in [6.07, 6.45) is 2.39. The summed E-state index contributed by atoms with van der Waals surface area (Å²) in [4.78, 5) is 11.2. The fourth-order valence-corrected chi connectivity index (χ4v) is 1.90. The number of ether oxygens (including phenoxy) is 2. The first kappa shape index (κ1) is 14.4. The third kappa shape index (κ3) is 3.39. The minimum atomic E-state index is -1.05. The van der Waals surface area contributed by atoms with E-state index in [9.17, 15) is 9.90 Å². The number of benzene rings is 1. The van der Waals surface area contributed by atoms with Gasteiger partial charge < -0.3 is 9.47 Å². The number of carbonyl (C=O) groups is 1. The van der Waals surface area contributed by atoms with Gasteiger partial charge in [-0.05, 0) is 24.1 Å². The number of unbranched alkanes of at least 4 members (excludes halogenated alkanes) is 1. The molecule has 0 aliphatic rings. The molecule has 0 heterocycles. The Morgan fingerprint density at radius 1 is 1.22 bits per heavy atom. The fraction of sp³-hybridized carbons (Fsp3) is 0.500. The molecule has 1 aromatic carbocycles. The molecule has 0 aliphatic carbocycles. The lowest BCUT2D eigenvalue weighted by molar-refractivity contribution is -0.145. The minimum absolute atomic E-state index is 0.540. The van der Waals surface area contributed by atoms with Gasteiger partial charge in [-0.15, -0.1) is 0 Å². The van der Waals surface area contributed by atoms with Crippen LogP contribution in [0, 0.1) is 0 Å². The Morgan fingerprint density at radius 3 is 2.39 bits per heavy atom. The van der Waals surface area contributed by atoms with Gasteiger partial charge in [-0.3, -0.25) is 0 Å². The molecule has 1 atom stereocenters. The number of carbonyl (C=O) groups excluding carboxylic acids is 1. The van der Waals surface area contributed by atoms with Crippen molar-refractivity contribution in [1.29, 1.82) is 0 Å². The molecule has 0 fully saturated rings. The molecule has 0 aliphatic heterocycles. The molecule has 0 aromatic heterocycles. The van der Waals surface area contributed by atoms with E-state index in [0.717, 1.165) is 12.8 Å². The van der Waals surface area contributed by atoms with Crippen LogP contribution in [0.4, 0.5) is 0 Å². The molecule has 1 aromatic rings. The second-order valence-electron chi connectivity index (χ2n) is 4.13. The van der Waals surface area contributed by atoms with E-state index in [1.807, 2.05) is 6.92 Å². The van der Waals surface area contributed by atoms with Gasteiger partial charge in [0.25, 0.3) is 0 Å². The van der Waals surface area contributed by atoms with Crippen LogP contribution in [0.5, 0.6) is 11.5 Å². The maximum Gasteiger partial charge on any atom is 0.362 e. The van der Waals surface area contributed by atoms with E-state index < -0.39 is 11.9 Å². The lowest BCUT2D eigenvalue weighted by atomic mass is 9.93. The Kier molecular flexibility index (Phi) is 5.49. The van der Waals surface area contributed by atoms with Gasteiger partial charge in [-0.1, -0.05) is 25.8 Å². The Balaban J connectivity index is 3.01. The van der Waals surface area contributed by atoms with E-state index in [4.69, 9.17) is 9.47 Å². The first-order valence-corrected chi connectivity index (χ1v) is 6.06. The second kappa shape index (κ2) is 6.89. The molecule has 0 amide bonds. The van der Waals surface area contributed by atoms with Gasteiger partial charge in [0.15, 0.2) is 11.5 Å². The molecular formula is C14H19O4. The largest absolute Gasteiger partial charge is 0.493 e. The Hall–Kier alpha value is -1.71. The summed E-state index contributed by atoms with van der Waals surface area (Å²) >= 11 is 0. The smallest absolute Gasteiger partial charge is 0.362 e. The Morgan fingerprint density at radius 2 is 1.89 bits per heavy atom. The van der Waals surface area contributed by atoms with Gasteiger partial charge in [-0.2, -0.15) is 0 Å². The third-order valence-electron chi connectivity index (χ3n) is 2.94. The molecule has 99 valence electrons.